The molecule has 108 valence electrons. The summed E-state index contributed by atoms with van der Waals surface area (Å²) in [5, 5.41) is 15.8. The molecule has 0 aromatic carbocycles. The molecule has 8 nitrogen and oxygen atoms in total. The van der Waals surface area contributed by atoms with Gasteiger partial charge in [0.1, 0.15) is 0 Å². The van der Waals surface area contributed by atoms with Crippen LogP contribution in [0.25, 0.3) is 0 Å². The van der Waals surface area contributed by atoms with Gasteiger partial charge in [0.15, 0.2) is 5.69 Å². The zero-order valence-corrected chi connectivity index (χ0v) is 11.4. The van der Waals surface area contributed by atoms with Crippen LogP contribution in [-0.2, 0) is 16.1 Å². The number of hydrogen-bond acceptors (Lipinski definition) is 5. The molecule has 1 aliphatic heterocycles. The van der Waals surface area contributed by atoms with E-state index in [1.807, 2.05) is 13.8 Å². The van der Waals surface area contributed by atoms with Crippen LogP contribution in [0.5, 0.6) is 0 Å². The normalized spacial score (nSPS) is 18.4. The molecule has 0 atom stereocenters. The average Bonchev–Trinajstić information content (AvgIpc) is 2.75. The van der Waals surface area contributed by atoms with E-state index in [-0.39, 0.29) is 36.0 Å². The number of imide groups is 1. The Morgan fingerprint density at radius 1 is 1.30 bits per heavy atom. The van der Waals surface area contributed by atoms with Gasteiger partial charge >= 0.3 is 5.97 Å². The molecule has 1 N–H and O–H groups in total. The van der Waals surface area contributed by atoms with Crippen molar-refractivity contribution in [2.75, 3.05) is 6.54 Å². The number of likely N-dealkylation sites (tertiary alicyclic amines) is 1. The van der Waals surface area contributed by atoms with Crippen molar-refractivity contribution < 1.29 is 19.5 Å². The molecule has 2 heterocycles. The van der Waals surface area contributed by atoms with E-state index in [9.17, 15) is 14.4 Å². The number of aromatic nitrogens is 3. The van der Waals surface area contributed by atoms with Gasteiger partial charge in [-0.15, -0.1) is 5.10 Å². The van der Waals surface area contributed by atoms with Gasteiger partial charge in [-0.2, -0.15) is 0 Å². The summed E-state index contributed by atoms with van der Waals surface area (Å²) in [4.78, 5) is 35.7. The van der Waals surface area contributed by atoms with E-state index in [0.29, 0.717) is 12.8 Å². The van der Waals surface area contributed by atoms with Crippen molar-refractivity contribution in [1.29, 1.82) is 0 Å². The number of carboxylic acids is 1. The molecule has 2 rings (SSSR count). The maximum atomic E-state index is 11.9. The number of carbonyl (C=O) groups is 3. The summed E-state index contributed by atoms with van der Waals surface area (Å²) in [5.41, 5.74) is -0.462. The first-order valence-electron chi connectivity index (χ1n) is 6.25. The molecule has 20 heavy (non-hydrogen) atoms. The zero-order chi connectivity index (χ0) is 14.9. The molecule has 0 saturated carbocycles. The largest absolute Gasteiger partial charge is 0.476 e. The number of rotatable bonds is 4. The first-order valence-corrected chi connectivity index (χ1v) is 6.25. The van der Waals surface area contributed by atoms with E-state index in [0.717, 1.165) is 0 Å². The van der Waals surface area contributed by atoms with Crippen LogP contribution in [-0.4, -0.2) is 49.3 Å². The highest BCUT2D eigenvalue weighted by molar-refractivity contribution is 5.98. The lowest BCUT2D eigenvalue weighted by atomic mass is 9.82. The third-order valence-electron chi connectivity index (χ3n) is 3.17. The van der Waals surface area contributed by atoms with Crippen molar-refractivity contribution in [3.05, 3.63) is 11.9 Å². The van der Waals surface area contributed by atoms with Crippen molar-refractivity contribution >= 4 is 17.8 Å². The lowest BCUT2D eigenvalue weighted by Gasteiger charge is -2.34. The van der Waals surface area contributed by atoms with Gasteiger partial charge in [0.25, 0.3) is 0 Å². The monoisotopic (exact) mass is 280 g/mol. The molecular weight excluding hydrogens is 264 g/mol. The SMILES string of the molecule is CC1(C)CC(=O)N(CCn2cc(C(=O)O)nn2)C(=O)C1. The Kier molecular flexibility index (Phi) is 3.56. The van der Waals surface area contributed by atoms with Gasteiger partial charge < -0.3 is 5.11 Å². The Balaban J connectivity index is 1.98. The number of carbonyl (C=O) groups excluding carboxylic acids is 2. The maximum Gasteiger partial charge on any atom is 0.358 e. The van der Waals surface area contributed by atoms with E-state index in [1.165, 1.54) is 15.8 Å². The number of carboxylic acid groups (broad SMARTS) is 1. The van der Waals surface area contributed by atoms with Crippen LogP contribution in [0.3, 0.4) is 0 Å². The van der Waals surface area contributed by atoms with Gasteiger partial charge in [-0.1, -0.05) is 19.1 Å². The van der Waals surface area contributed by atoms with Crippen molar-refractivity contribution in [1.82, 2.24) is 19.9 Å². The van der Waals surface area contributed by atoms with Crippen LogP contribution in [0.2, 0.25) is 0 Å². The van der Waals surface area contributed by atoms with Crippen molar-refractivity contribution in [3.8, 4) is 0 Å². The lowest BCUT2D eigenvalue weighted by molar-refractivity contribution is -0.152. The summed E-state index contributed by atoms with van der Waals surface area (Å²) < 4.78 is 1.31. The highest BCUT2D eigenvalue weighted by atomic mass is 16.4. The average molecular weight is 280 g/mol. The number of hydrogen-bond donors (Lipinski definition) is 1. The van der Waals surface area contributed by atoms with Gasteiger partial charge in [0, 0.05) is 19.4 Å². The molecular formula is C12H16N4O4. The third kappa shape index (κ3) is 3.01. The number of nitrogens with zero attached hydrogens (tertiary/aromatic N) is 4. The van der Waals surface area contributed by atoms with Gasteiger partial charge in [0.05, 0.1) is 12.7 Å². The molecule has 0 aliphatic carbocycles. The number of amides is 2. The third-order valence-corrected chi connectivity index (χ3v) is 3.17. The standard InChI is InChI=1S/C12H16N4O4/c1-12(2)5-9(17)16(10(18)6-12)4-3-15-7-8(11(19)20)13-14-15/h7H,3-6H2,1-2H3,(H,19,20). The Hall–Kier alpha value is -2.25. The van der Waals surface area contributed by atoms with E-state index in [4.69, 9.17) is 5.11 Å². The summed E-state index contributed by atoms with van der Waals surface area (Å²) in [6, 6.07) is 0. The smallest absolute Gasteiger partial charge is 0.358 e. The first kappa shape index (κ1) is 14.2. The molecule has 1 fully saturated rings. The molecule has 0 unspecified atom stereocenters. The Morgan fingerprint density at radius 3 is 2.40 bits per heavy atom. The second-order valence-electron chi connectivity index (χ2n) is 5.63. The summed E-state index contributed by atoms with van der Waals surface area (Å²) in [6.07, 6.45) is 1.93. The van der Waals surface area contributed by atoms with Crippen LogP contribution in [0.4, 0.5) is 0 Å². The molecule has 1 aliphatic rings. The summed E-state index contributed by atoms with van der Waals surface area (Å²) >= 11 is 0. The van der Waals surface area contributed by atoms with Gasteiger partial charge in [0.2, 0.25) is 11.8 Å². The molecule has 1 aromatic rings. The highest BCUT2D eigenvalue weighted by Crippen LogP contribution is 2.31. The molecule has 0 bridgehead atoms. The Bertz CT molecular complexity index is 544. The predicted molar refractivity (Wildman–Crippen MR) is 66.7 cm³/mol. The van der Waals surface area contributed by atoms with E-state index < -0.39 is 5.97 Å². The quantitative estimate of drug-likeness (QED) is 0.787. The maximum absolute atomic E-state index is 11.9. The van der Waals surface area contributed by atoms with E-state index in [2.05, 4.69) is 10.3 Å². The predicted octanol–water partition coefficient (Wildman–Crippen LogP) is 0.152. The minimum atomic E-state index is -1.16. The van der Waals surface area contributed by atoms with Crippen molar-refractivity contribution in [2.45, 2.75) is 33.2 Å². The fourth-order valence-corrected chi connectivity index (χ4v) is 2.17. The fourth-order valence-electron chi connectivity index (χ4n) is 2.17. The van der Waals surface area contributed by atoms with Gasteiger partial charge in [-0.3, -0.25) is 14.5 Å². The van der Waals surface area contributed by atoms with Gasteiger partial charge in [-0.05, 0) is 5.41 Å². The summed E-state index contributed by atoms with van der Waals surface area (Å²) in [7, 11) is 0. The van der Waals surface area contributed by atoms with Crippen molar-refractivity contribution in [3.63, 3.8) is 0 Å². The highest BCUT2D eigenvalue weighted by Gasteiger charge is 2.37. The second kappa shape index (κ2) is 5.03. The summed E-state index contributed by atoms with van der Waals surface area (Å²) in [5.74, 6) is -1.57. The molecule has 8 heteroatoms. The van der Waals surface area contributed by atoms with Gasteiger partial charge in [-0.25, -0.2) is 9.48 Å². The topological polar surface area (TPSA) is 105 Å². The van der Waals surface area contributed by atoms with Crippen molar-refractivity contribution in [2.24, 2.45) is 5.41 Å². The van der Waals surface area contributed by atoms with Crippen LogP contribution < -0.4 is 0 Å². The van der Waals surface area contributed by atoms with E-state index >= 15 is 0 Å². The Labute approximate surface area is 115 Å². The molecule has 0 spiro atoms. The molecule has 1 aromatic heterocycles. The van der Waals surface area contributed by atoms with Crippen LogP contribution in [0.15, 0.2) is 6.20 Å². The minimum absolute atomic E-state index is 0.164. The number of piperidine rings is 1. The molecule has 2 amide bonds. The molecule has 1 saturated heterocycles. The van der Waals surface area contributed by atoms with E-state index in [1.54, 1.807) is 0 Å². The lowest BCUT2D eigenvalue weighted by Crippen LogP contribution is -2.47. The van der Waals surface area contributed by atoms with Crippen LogP contribution in [0, 0.1) is 5.41 Å². The minimum Gasteiger partial charge on any atom is -0.476 e. The Morgan fingerprint density at radius 2 is 1.90 bits per heavy atom. The summed E-state index contributed by atoms with van der Waals surface area (Å²) in [6.45, 7) is 4.18. The zero-order valence-electron chi connectivity index (χ0n) is 11.4. The van der Waals surface area contributed by atoms with Crippen LogP contribution >= 0.6 is 0 Å². The number of aromatic carboxylic acids is 1. The van der Waals surface area contributed by atoms with Crippen LogP contribution in [0.1, 0.15) is 37.2 Å². The molecule has 0 radical (unpaired) electrons. The fraction of sp³-hybridized carbons (Fsp3) is 0.583. The second-order valence-corrected chi connectivity index (χ2v) is 5.63. The first-order chi connectivity index (χ1) is 9.28.